The minimum absolute atomic E-state index is 0.375. The largest absolute Gasteiger partial charge is 0.399 e. The summed E-state index contributed by atoms with van der Waals surface area (Å²) in [6, 6.07) is 6.58. The van der Waals surface area contributed by atoms with Crippen molar-refractivity contribution < 1.29 is 18.0 Å². The molecule has 0 aliphatic heterocycles. The van der Waals surface area contributed by atoms with Gasteiger partial charge in [0.15, 0.2) is 0 Å². The first kappa shape index (κ1) is 15.3. The second-order valence-corrected chi connectivity index (χ2v) is 4.26. The predicted molar refractivity (Wildman–Crippen MR) is 68.8 cm³/mol. The maximum atomic E-state index is 12.1. The number of hydrogen-bond donors (Lipinski definition) is 1. The third-order valence-electron chi connectivity index (χ3n) is 2.55. The van der Waals surface area contributed by atoms with Crippen molar-refractivity contribution in [2.24, 2.45) is 0 Å². The second-order valence-electron chi connectivity index (χ2n) is 4.26. The van der Waals surface area contributed by atoms with Gasteiger partial charge in [0.2, 0.25) is 5.91 Å². The number of nitrogens with two attached hydrogens (primary N) is 1. The molecule has 1 aromatic carbocycles. The molecule has 0 saturated heterocycles. The van der Waals surface area contributed by atoms with Gasteiger partial charge in [-0.3, -0.25) is 4.79 Å². The Balaban J connectivity index is 2.80. The maximum absolute atomic E-state index is 12.1. The lowest BCUT2D eigenvalue weighted by Gasteiger charge is -2.23. The van der Waals surface area contributed by atoms with Crippen molar-refractivity contribution >= 4 is 17.3 Å². The Hall–Kier alpha value is -1.72. The summed E-state index contributed by atoms with van der Waals surface area (Å²) in [5.74, 6) is -0.537. The van der Waals surface area contributed by atoms with Crippen molar-refractivity contribution in [3.63, 3.8) is 0 Å². The Bertz CT molecular complexity index is 432. The van der Waals surface area contributed by atoms with E-state index in [2.05, 4.69) is 0 Å². The molecule has 0 spiro atoms. The van der Waals surface area contributed by atoms with Gasteiger partial charge >= 0.3 is 6.18 Å². The van der Waals surface area contributed by atoms with E-state index in [9.17, 15) is 18.0 Å². The summed E-state index contributed by atoms with van der Waals surface area (Å²) >= 11 is 0. The lowest BCUT2D eigenvalue weighted by Crippen LogP contribution is -2.32. The number of carbonyl (C=O) groups excluding carboxylic acids is 1. The van der Waals surface area contributed by atoms with E-state index in [4.69, 9.17) is 5.73 Å². The molecule has 0 fully saturated rings. The highest BCUT2D eigenvalue weighted by Gasteiger charge is 2.29. The van der Waals surface area contributed by atoms with Gasteiger partial charge in [0.25, 0.3) is 0 Å². The van der Waals surface area contributed by atoms with Crippen LogP contribution < -0.4 is 10.6 Å². The molecule has 0 aromatic heterocycles. The summed E-state index contributed by atoms with van der Waals surface area (Å²) in [5, 5.41) is 0. The number of halogens is 3. The number of benzene rings is 1. The van der Waals surface area contributed by atoms with Crippen LogP contribution in [0.5, 0.6) is 0 Å². The van der Waals surface area contributed by atoms with Crippen LogP contribution in [0.4, 0.5) is 24.5 Å². The molecule has 0 atom stereocenters. The summed E-state index contributed by atoms with van der Waals surface area (Å²) < 4.78 is 36.4. The topological polar surface area (TPSA) is 46.3 Å². The number of carbonyl (C=O) groups is 1. The van der Waals surface area contributed by atoms with Gasteiger partial charge < -0.3 is 10.6 Å². The summed E-state index contributed by atoms with van der Waals surface area (Å²) in [4.78, 5) is 13.2. The molecule has 0 aliphatic carbocycles. The highest BCUT2D eigenvalue weighted by Crippen LogP contribution is 2.24. The van der Waals surface area contributed by atoms with Gasteiger partial charge in [-0.1, -0.05) is 13.0 Å². The van der Waals surface area contributed by atoms with Crippen molar-refractivity contribution in [1.82, 2.24) is 0 Å². The molecular formula is C13H17F3N2O. The molecule has 0 unspecified atom stereocenters. The van der Waals surface area contributed by atoms with Crippen molar-refractivity contribution in [3.05, 3.63) is 24.3 Å². The molecule has 6 heteroatoms. The smallest absolute Gasteiger partial charge is 0.389 e. The van der Waals surface area contributed by atoms with Crippen molar-refractivity contribution in [2.45, 2.75) is 32.4 Å². The second kappa shape index (κ2) is 6.45. The molecule has 0 radical (unpaired) electrons. The number of alkyl halides is 3. The molecule has 1 aromatic rings. The third kappa shape index (κ3) is 5.19. The van der Waals surface area contributed by atoms with Gasteiger partial charge in [0, 0.05) is 24.3 Å². The quantitative estimate of drug-likeness (QED) is 0.837. The van der Waals surface area contributed by atoms with Crippen molar-refractivity contribution in [1.29, 1.82) is 0 Å². The van der Waals surface area contributed by atoms with E-state index in [1.54, 1.807) is 24.3 Å². The van der Waals surface area contributed by atoms with Gasteiger partial charge in [-0.2, -0.15) is 13.2 Å². The Labute approximate surface area is 110 Å². The minimum atomic E-state index is -4.32. The average Bonchev–Trinajstić information content (AvgIpc) is 2.32. The first-order valence-corrected chi connectivity index (χ1v) is 6.06. The van der Waals surface area contributed by atoms with E-state index in [0.29, 0.717) is 24.3 Å². The van der Waals surface area contributed by atoms with Crippen LogP contribution in [-0.4, -0.2) is 18.6 Å². The Morgan fingerprint density at radius 3 is 2.58 bits per heavy atom. The van der Waals surface area contributed by atoms with E-state index in [1.807, 2.05) is 6.92 Å². The molecule has 0 aliphatic rings. The van der Waals surface area contributed by atoms with Crippen LogP contribution in [-0.2, 0) is 4.79 Å². The van der Waals surface area contributed by atoms with Gasteiger partial charge in [-0.05, 0) is 24.6 Å². The maximum Gasteiger partial charge on any atom is 0.389 e. The van der Waals surface area contributed by atoms with Gasteiger partial charge in [-0.25, -0.2) is 0 Å². The van der Waals surface area contributed by atoms with Crippen LogP contribution in [0.1, 0.15) is 26.2 Å². The number of hydrogen-bond acceptors (Lipinski definition) is 2. The minimum Gasteiger partial charge on any atom is -0.399 e. The zero-order valence-electron chi connectivity index (χ0n) is 10.7. The predicted octanol–water partition coefficient (Wildman–Crippen LogP) is 3.35. The molecule has 3 nitrogen and oxygen atoms in total. The lowest BCUT2D eigenvalue weighted by atomic mass is 10.2. The molecule has 0 saturated carbocycles. The fraction of sp³-hybridized carbons (Fsp3) is 0.462. The fourth-order valence-corrected chi connectivity index (χ4v) is 1.70. The average molecular weight is 274 g/mol. The third-order valence-corrected chi connectivity index (χ3v) is 2.55. The highest BCUT2D eigenvalue weighted by atomic mass is 19.4. The summed E-state index contributed by atoms with van der Waals surface area (Å²) in [6.45, 7) is 2.23. The molecule has 0 bridgehead atoms. The van der Waals surface area contributed by atoms with E-state index >= 15 is 0 Å². The van der Waals surface area contributed by atoms with Gasteiger partial charge in [-0.15, -0.1) is 0 Å². The van der Waals surface area contributed by atoms with E-state index < -0.39 is 24.9 Å². The highest BCUT2D eigenvalue weighted by molar-refractivity contribution is 5.93. The monoisotopic (exact) mass is 274 g/mol. The number of anilines is 2. The standard InChI is InChI=1S/C13H17F3N2O/c1-2-8-18(11-5-3-4-10(17)9-11)12(19)6-7-13(14,15)16/h3-5,9H,2,6-8,17H2,1H3. The van der Waals surface area contributed by atoms with Crippen LogP contribution in [0.15, 0.2) is 24.3 Å². The van der Waals surface area contributed by atoms with Gasteiger partial charge in [0.1, 0.15) is 0 Å². The summed E-state index contributed by atoms with van der Waals surface area (Å²) in [7, 11) is 0. The first-order chi connectivity index (χ1) is 8.83. The number of nitrogens with zero attached hydrogens (tertiary/aromatic N) is 1. The summed E-state index contributed by atoms with van der Waals surface area (Å²) in [5.41, 5.74) is 6.63. The molecule has 2 N–H and O–H groups in total. The molecule has 106 valence electrons. The fourth-order valence-electron chi connectivity index (χ4n) is 1.70. The molecule has 1 amide bonds. The van der Waals surface area contributed by atoms with Crippen molar-refractivity contribution in [3.8, 4) is 0 Å². The van der Waals surface area contributed by atoms with Crippen LogP contribution in [0.25, 0.3) is 0 Å². The number of nitrogen functional groups attached to an aromatic ring is 1. The lowest BCUT2D eigenvalue weighted by molar-refractivity contribution is -0.143. The Morgan fingerprint density at radius 1 is 1.37 bits per heavy atom. The Morgan fingerprint density at radius 2 is 2.05 bits per heavy atom. The molecule has 0 heterocycles. The van der Waals surface area contributed by atoms with E-state index in [0.717, 1.165) is 0 Å². The van der Waals surface area contributed by atoms with Crippen LogP contribution in [0.3, 0.4) is 0 Å². The summed E-state index contributed by atoms with van der Waals surface area (Å²) in [6.07, 6.45) is -5.30. The zero-order chi connectivity index (χ0) is 14.5. The molecule has 1 rings (SSSR count). The molecule has 19 heavy (non-hydrogen) atoms. The van der Waals surface area contributed by atoms with E-state index in [-0.39, 0.29) is 0 Å². The van der Waals surface area contributed by atoms with Crippen LogP contribution in [0, 0.1) is 0 Å². The van der Waals surface area contributed by atoms with Crippen LogP contribution in [0.2, 0.25) is 0 Å². The molecular weight excluding hydrogens is 257 g/mol. The first-order valence-electron chi connectivity index (χ1n) is 6.06. The van der Waals surface area contributed by atoms with Crippen LogP contribution >= 0.6 is 0 Å². The zero-order valence-corrected chi connectivity index (χ0v) is 10.7. The van der Waals surface area contributed by atoms with Crippen molar-refractivity contribution in [2.75, 3.05) is 17.2 Å². The van der Waals surface area contributed by atoms with E-state index in [1.165, 1.54) is 4.90 Å². The Kier molecular flexibility index (Phi) is 5.20. The SMILES string of the molecule is CCCN(C(=O)CCC(F)(F)F)c1cccc(N)c1. The normalized spacial score (nSPS) is 11.4. The number of amides is 1. The number of rotatable bonds is 5. The van der Waals surface area contributed by atoms with Gasteiger partial charge in [0.05, 0.1) is 6.42 Å².